The van der Waals surface area contributed by atoms with Crippen molar-refractivity contribution in [3.05, 3.63) is 23.2 Å². The average molecular weight is 368 g/mol. The molecule has 1 heterocycles. The van der Waals surface area contributed by atoms with Crippen molar-refractivity contribution in [3.63, 3.8) is 0 Å². The van der Waals surface area contributed by atoms with Gasteiger partial charge in [-0.05, 0) is 37.0 Å². The van der Waals surface area contributed by atoms with Gasteiger partial charge in [-0.3, -0.25) is 4.99 Å². The Hall–Kier alpha value is -1.50. The largest absolute Gasteiger partial charge is 0.495 e. The second-order valence-corrected chi connectivity index (χ2v) is 7.25. The molecule has 2 fully saturated rings. The van der Waals surface area contributed by atoms with E-state index in [0.717, 1.165) is 37.3 Å². The lowest BCUT2D eigenvalue weighted by Gasteiger charge is -2.34. The van der Waals surface area contributed by atoms with Gasteiger partial charge >= 0.3 is 0 Å². The number of halogens is 1. The summed E-state index contributed by atoms with van der Waals surface area (Å²) in [4.78, 5) is 4.37. The highest BCUT2D eigenvalue weighted by molar-refractivity contribution is 6.32. The van der Waals surface area contributed by atoms with Crippen LogP contribution < -0.4 is 15.8 Å². The monoisotopic (exact) mass is 367 g/mol. The Bertz CT molecular complexity index is 630. The first kappa shape index (κ1) is 18.3. The van der Waals surface area contributed by atoms with Crippen LogP contribution in [0.5, 0.6) is 5.75 Å². The van der Waals surface area contributed by atoms with E-state index in [0.29, 0.717) is 29.9 Å². The molecule has 1 atom stereocenters. The molecule has 2 aliphatic rings. The minimum atomic E-state index is -0.390. The number of anilines is 1. The average Bonchev–Trinajstić information content (AvgIpc) is 2.99. The molecule has 3 rings (SSSR count). The molecule has 1 aromatic carbocycles. The lowest BCUT2D eigenvalue weighted by atomic mass is 9.86. The smallest absolute Gasteiger partial charge is 0.193 e. The van der Waals surface area contributed by atoms with E-state index in [-0.39, 0.29) is 6.10 Å². The molecule has 0 bridgehead atoms. The maximum absolute atomic E-state index is 6.14. The molecule has 6 nitrogen and oxygen atoms in total. The molecule has 1 aliphatic heterocycles. The van der Waals surface area contributed by atoms with Gasteiger partial charge in [0.2, 0.25) is 0 Å². The molecule has 0 amide bonds. The SMILES string of the molecule is COc1ccc(NC(N)=NCC2COC3(CCC(C)CC3)O2)cc1Cl. The molecule has 25 heavy (non-hydrogen) atoms. The minimum Gasteiger partial charge on any atom is -0.495 e. The van der Waals surface area contributed by atoms with Crippen LogP contribution in [0.4, 0.5) is 5.69 Å². The number of rotatable bonds is 4. The predicted molar refractivity (Wildman–Crippen MR) is 99.3 cm³/mol. The third-order valence-electron chi connectivity index (χ3n) is 4.84. The molecule has 1 aliphatic carbocycles. The second kappa shape index (κ2) is 7.81. The highest BCUT2D eigenvalue weighted by Crippen LogP contribution is 2.39. The number of ether oxygens (including phenoxy) is 3. The first-order chi connectivity index (χ1) is 12.0. The van der Waals surface area contributed by atoms with Gasteiger partial charge in [-0.1, -0.05) is 18.5 Å². The zero-order valence-electron chi connectivity index (χ0n) is 14.8. The van der Waals surface area contributed by atoms with Gasteiger partial charge in [0.05, 0.1) is 25.3 Å². The van der Waals surface area contributed by atoms with E-state index in [1.54, 1.807) is 19.2 Å². The van der Waals surface area contributed by atoms with Gasteiger partial charge in [-0.15, -0.1) is 0 Å². The molecule has 7 heteroatoms. The van der Waals surface area contributed by atoms with Crippen molar-refractivity contribution in [2.75, 3.05) is 25.6 Å². The zero-order valence-corrected chi connectivity index (χ0v) is 15.5. The standard InChI is InChI=1S/C18H26ClN3O3/c1-12-5-7-18(8-6-12)24-11-14(25-18)10-21-17(20)22-13-3-4-16(23-2)15(19)9-13/h3-4,9,12,14H,5-8,10-11H2,1-2H3,(H3,20,21,22). The predicted octanol–water partition coefficient (Wildman–Crippen LogP) is 3.40. The summed E-state index contributed by atoms with van der Waals surface area (Å²) < 4.78 is 17.2. The van der Waals surface area contributed by atoms with Crippen molar-refractivity contribution in [2.24, 2.45) is 16.6 Å². The summed E-state index contributed by atoms with van der Waals surface area (Å²) in [6, 6.07) is 5.36. The Morgan fingerprint density at radius 3 is 2.88 bits per heavy atom. The summed E-state index contributed by atoms with van der Waals surface area (Å²) in [6.07, 6.45) is 4.18. The van der Waals surface area contributed by atoms with Crippen LogP contribution in [-0.4, -0.2) is 38.1 Å². The molecule has 3 N–H and O–H groups in total. The summed E-state index contributed by atoms with van der Waals surface area (Å²) >= 11 is 6.10. The summed E-state index contributed by atoms with van der Waals surface area (Å²) in [5, 5.41) is 3.54. The van der Waals surface area contributed by atoms with E-state index in [1.807, 2.05) is 6.07 Å². The van der Waals surface area contributed by atoms with Crippen molar-refractivity contribution < 1.29 is 14.2 Å². The lowest BCUT2D eigenvalue weighted by molar-refractivity contribution is -0.190. The van der Waals surface area contributed by atoms with E-state index < -0.39 is 5.79 Å². The van der Waals surface area contributed by atoms with Crippen molar-refractivity contribution in [3.8, 4) is 5.75 Å². The van der Waals surface area contributed by atoms with E-state index in [9.17, 15) is 0 Å². The Labute approximate surface area is 153 Å². The zero-order chi connectivity index (χ0) is 17.9. The van der Waals surface area contributed by atoms with Gasteiger partial charge in [0.1, 0.15) is 11.9 Å². The number of hydrogen-bond acceptors (Lipinski definition) is 4. The number of nitrogens with zero attached hydrogens (tertiary/aromatic N) is 1. The van der Waals surface area contributed by atoms with Crippen molar-refractivity contribution in [2.45, 2.75) is 44.5 Å². The molecule has 1 saturated heterocycles. The maximum atomic E-state index is 6.14. The van der Waals surface area contributed by atoms with E-state index in [4.69, 9.17) is 31.5 Å². The van der Waals surface area contributed by atoms with E-state index in [1.165, 1.54) is 0 Å². The number of guanidine groups is 1. The molecule has 1 spiro atoms. The first-order valence-electron chi connectivity index (χ1n) is 8.72. The summed E-state index contributed by atoms with van der Waals surface area (Å²) in [5.74, 6) is 1.30. The number of nitrogens with two attached hydrogens (primary N) is 1. The molecular formula is C18H26ClN3O3. The number of benzene rings is 1. The molecule has 138 valence electrons. The number of aliphatic imine (C=N–C) groups is 1. The van der Waals surface area contributed by atoms with Crippen LogP contribution >= 0.6 is 11.6 Å². The first-order valence-corrected chi connectivity index (χ1v) is 9.10. The third-order valence-corrected chi connectivity index (χ3v) is 5.13. The van der Waals surface area contributed by atoms with Crippen LogP contribution in [0.2, 0.25) is 5.02 Å². The van der Waals surface area contributed by atoms with Crippen LogP contribution in [-0.2, 0) is 9.47 Å². The van der Waals surface area contributed by atoms with Crippen LogP contribution in [0.15, 0.2) is 23.2 Å². The number of nitrogens with one attached hydrogen (secondary N) is 1. The van der Waals surface area contributed by atoms with Crippen LogP contribution in [0, 0.1) is 5.92 Å². The fourth-order valence-corrected chi connectivity index (χ4v) is 3.56. The van der Waals surface area contributed by atoms with Gasteiger partial charge in [-0.25, -0.2) is 0 Å². The van der Waals surface area contributed by atoms with Gasteiger partial charge in [0.15, 0.2) is 11.7 Å². The van der Waals surface area contributed by atoms with Crippen molar-refractivity contribution in [1.29, 1.82) is 0 Å². The van der Waals surface area contributed by atoms with Crippen molar-refractivity contribution in [1.82, 2.24) is 0 Å². The summed E-state index contributed by atoms with van der Waals surface area (Å²) in [6.45, 7) is 3.32. The number of hydrogen-bond donors (Lipinski definition) is 2. The fraction of sp³-hybridized carbons (Fsp3) is 0.611. The quantitative estimate of drug-likeness (QED) is 0.630. The van der Waals surface area contributed by atoms with Crippen LogP contribution in [0.1, 0.15) is 32.6 Å². The summed E-state index contributed by atoms with van der Waals surface area (Å²) in [5.41, 5.74) is 6.72. The molecule has 0 radical (unpaired) electrons. The van der Waals surface area contributed by atoms with Gasteiger partial charge in [0.25, 0.3) is 0 Å². The van der Waals surface area contributed by atoms with E-state index >= 15 is 0 Å². The second-order valence-electron chi connectivity index (χ2n) is 6.84. The molecule has 1 aromatic rings. The minimum absolute atomic E-state index is 0.0480. The van der Waals surface area contributed by atoms with Crippen molar-refractivity contribution >= 4 is 23.2 Å². The van der Waals surface area contributed by atoms with Crippen LogP contribution in [0.25, 0.3) is 0 Å². The molecule has 1 unspecified atom stereocenters. The van der Waals surface area contributed by atoms with Crippen LogP contribution in [0.3, 0.4) is 0 Å². The topological polar surface area (TPSA) is 78.1 Å². The number of methoxy groups -OCH3 is 1. The third kappa shape index (κ3) is 4.57. The van der Waals surface area contributed by atoms with Gasteiger partial charge in [0, 0.05) is 18.5 Å². The molecular weight excluding hydrogens is 342 g/mol. The highest BCUT2D eigenvalue weighted by atomic mass is 35.5. The highest BCUT2D eigenvalue weighted by Gasteiger charge is 2.43. The Morgan fingerprint density at radius 2 is 2.20 bits per heavy atom. The summed E-state index contributed by atoms with van der Waals surface area (Å²) in [7, 11) is 1.58. The molecule has 0 aromatic heterocycles. The maximum Gasteiger partial charge on any atom is 0.193 e. The fourth-order valence-electron chi connectivity index (χ4n) is 3.30. The Morgan fingerprint density at radius 1 is 1.44 bits per heavy atom. The molecule has 1 saturated carbocycles. The van der Waals surface area contributed by atoms with Gasteiger partial charge in [-0.2, -0.15) is 0 Å². The van der Waals surface area contributed by atoms with E-state index in [2.05, 4.69) is 17.2 Å². The normalized spacial score (nSPS) is 29.8. The van der Waals surface area contributed by atoms with Gasteiger partial charge < -0.3 is 25.3 Å². The Kier molecular flexibility index (Phi) is 5.71. The lowest BCUT2D eigenvalue weighted by Crippen LogP contribution is -2.35. The Balaban J connectivity index is 1.51.